The molecule has 6 heteroatoms. The molecule has 2 rings (SSSR count). The minimum absolute atomic E-state index is 0.123. The Labute approximate surface area is 132 Å². The lowest BCUT2D eigenvalue weighted by molar-refractivity contribution is -0.140. The summed E-state index contributed by atoms with van der Waals surface area (Å²) >= 11 is 0. The highest BCUT2D eigenvalue weighted by molar-refractivity contribution is 6.25. The monoisotopic (exact) mass is 321 g/mol. The van der Waals surface area contributed by atoms with Gasteiger partial charge >= 0.3 is 5.97 Å². The average Bonchev–Trinajstić information content (AvgIpc) is 2.46. The molecule has 0 aliphatic carbocycles. The van der Waals surface area contributed by atoms with Crippen LogP contribution in [-0.4, -0.2) is 24.1 Å². The Morgan fingerprint density at radius 3 is 2.43 bits per heavy atom. The molecule has 0 N–H and O–H groups in total. The fourth-order valence-corrected chi connectivity index (χ4v) is 2.56. The van der Waals surface area contributed by atoms with Gasteiger partial charge in [-0.1, -0.05) is 6.07 Å². The Balaban J connectivity index is 2.37. The van der Waals surface area contributed by atoms with Gasteiger partial charge in [0.1, 0.15) is 17.2 Å². The third-order valence-electron chi connectivity index (χ3n) is 3.72. The maximum absolute atomic E-state index is 13.8. The normalized spacial score (nSPS) is 18.0. The summed E-state index contributed by atoms with van der Waals surface area (Å²) in [5.74, 6) is -3.62. The molecule has 0 amide bonds. The van der Waals surface area contributed by atoms with Crippen LogP contribution in [0.5, 0.6) is 0 Å². The van der Waals surface area contributed by atoms with E-state index < -0.39 is 29.3 Å². The molecule has 1 unspecified atom stereocenters. The lowest BCUT2D eigenvalue weighted by atomic mass is 9.85. The maximum atomic E-state index is 13.8. The third kappa shape index (κ3) is 3.36. The van der Waals surface area contributed by atoms with E-state index in [0.29, 0.717) is 5.71 Å². The standard InChI is InChI=1S/C17H17F2NO3/c1-4-23-17(22)15-10(3)20-9(2)11(16(15)21)8-12-13(18)6-5-7-14(12)19/h5-7,11H,4,8H2,1-3H3. The predicted octanol–water partition coefficient (Wildman–Crippen LogP) is 3.00. The van der Waals surface area contributed by atoms with Crippen LogP contribution in [0.3, 0.4) is 0 Å². The van der Waals surface area contributed by atoms with E-state index in [4.69, 9.17) is 4.74 Å². The van der Waals surface area contributed by atoms with Gasteiger partial charge in [-0.25, -0.2) is 13.6 Å². The van der Waals surface area contributed by atoms with Crippen molar-refractivity contribution in [3.63, 3.8) is 0 Å². The highest BCUT2D eigenvalue weighted by Crippen LogP contribution is 2.26. The second kappa shape index (κ2) is 6.81. The number of allylic oxidation sites excluding steroid dienone is 1. The smallest absolute Gasteiger partial charge is 0.343 e. The van der Waals surface area contributed by atoms with Crippen LogP contribution in [0.2, 0.25) is 0 Å². The Morgan fingerprint density at radius 2 is 1.87 bits per heavy atom. The van der Waals surface area contributed by atoms with Crippen LogP contribution in [0.4, 0.5) is 8.78 Å². The molecule has 1 aromatic carbocycles. The minimum atomic E-state index is -0.885. The van der Waals surface area contributed by atoms with Crippen molar-refractivity contribution in [1.82, 2.24) is 0 Å². The number of aliphatic imine (C=N–C) groups is 1. The molecule has 0 fully saturated rings. The van der Waals surface area contributed by atoms with Gasteiger partial charge in [0, 0.05) is 11.3 Å². The summed E-state index contributed by atoms with van der Waals surface area (Å²) in [6.45, 7) is 4.89. The molecule has 0 bridgehead atoms. The van der Waals surface area contributed by atoms with Gasteiger partial charge in [-0.3, -0.25) is 9.79 Å². The summed E-state index contributed by atoms with van der Waals surface area (Å²) < 4.78 is 32.5. The van der Waals surface area contributed by atoms with E-state index in [2.05, 4.69) is 4.99 Å². The summed E-state index contributed by atoms with van der Waals surface area (Å²) in [6.07, 6.45) is -0.192. The van der Waals surface area contributed by atoms with E-state index in [0.717, 1.165) is 12.1 Å². The van der Waals surface area contributed by atoms with Crippen LogP contribution in [0.1, 0.15) is 26.3 Å². The van der Waals surface area contributed by atoms with Gasteiger partial charge in [0.2, 0.25) is 0 Å². The van der Waals surface area contributed by atoms with Crippen LogP contribution < -0.4 is 0 Å². The molecule has 1 atom stereocenters. The molecule has 1 aliphatic heterocycles. The molecule has 0 spiro atoms. The van der Waals surface area contributed by atoms with E-state index in [1.165, 1.54) is 13.0 Å². The minimum Gasteiger partial charge on any atom is -0.462 e. The molecule has 0 saturated carbocycles. The fraction of sp³-hybridized carbons (Fsp3) is 0.353. The summed E-state index contributed by atoms with van der Waals surface area (Å²) in [7, 11) is 0. The zero-order valence-electron chi connectivity index (χ0n) is 13.2. The Hall–Kier alpha value is -2.37. The number of carbonyl (C=O) groups excluding carboxylic acids is 2. The van der Waals surface area contributed by atoms with Crippen molar-refractivity contribution in [1.29, 1.82) is 0 Å². The van der Waals surface area contributed by atoms with Crippen LogP contribution in [0.15, 0.2) is 34.5 Å². The Morgan fingerprint density at radius 1 is 1.26 bits per heavy atom. The maximum Gasteiger partial charge on any atom is 0.343 e. The summed E-state index contributed by atoms with van der Waals surface area (Å²) in [5.41, 5.74) is 0.335. The molecule has 1 aromatic rings. The lowest BCUT2D eigenvalue weighted by Crippen LogP contribution is -2.33. The highest BCUT2D eigenvalue weighted by Gasteiger charge is 2.35. The van der Waals surface area contributed by atoms with Gasteiger partial charge in [0.25, 0.3) is 0 Å². The number of nitrogens with zero attached hydrogens (tertiary/aromatic N) is 1. The molecule has 4 nitrogen and oxygen atoms in total. The third-order valence-corrected chi connectivity index (χ3v) is 3.72. The topological polar surface area (TPSA) is 55.7 Å². The zero-order valence-corrected chi connectivity index (χ0v) is 13.2. The van der Waals surface area contributed by atoms with E-state index in [9.17, 15) is 18.4 Å². The van der Waals surface area contributed by atoms with E-state index >= 15 is 0 Å². The molecule has 1 heterocycles. The number of ether oxygens (including phenoxy) is 1. The number of rotatable bonds is 4. The average molecular weight is 321 g/mol. The molecule has 122 valence electrons. The van der Waals surface area contributed by atoms with Gasteiger partial charge < -0.3 is 4.74 Å². The van der Waals surface area contributed by atoms with Gasteiger partial charge in [-0.05, 0) is 39.3 Å². The first-order valence-electron chi connectivity index (χ1n) is 7.27. The molecule has 23 heavy (non-hydrogen) atoms. The van der Waals surface area contributed by atoms with Gasteiger partial charge in [-0.15, -0.1) is 0 Å². The second-order valence-corrected chi connectivity index (χ2v) is 5.26. The number of esters is 1. The van der Waals surface area contributed by atoms with Crippen LogP contribution >= 0.6 is 0 Å². The molecule has 0 aromatic heterocycles. The Kier molecular flexibility index (Phi) is 5.03. The number of hydrogen-bond donors (Lipinski definition) is 0. The van der Waals surface area contributed by atoms with Gasteiger partial charge in [0.05, 0.1) is 18.2 Å². The Bertz CT molecular complexity index is 702. The first-order chi connectivity index (χ1) is 10.9. The number of Topliss-reactive ketones (excluding diaryl/α,β-unsaturated/α-hetero) is 1. The summed E-state index contributed by atoms with van der Waals surface area (Å²) in [5, 5.41) is 0. The SMILES string of the molecule is CCOC(=O)C1=C(C)N=C(C)C(Cc2c(F)cccc2F)C1=O. The highest BCUT2D eigenvalue weighted by atomic mass is 19.1. The van der Waals surface area contributed by atoms with Crippen molar-refractivity contribution in [3.8, 4) is 0 Å². The number of benzene rings is 1. The van der Waals surface area contributed by atoms with Crippen molar-refractivity contribution >= 4 is 17.5 Å². The van der Waals surface area contributed by atoms with E-state index in [1.54, 1.807) is 13.8 Å². The number of ketones is 1. The quantitative estimate of drug-likeness (QED) is 0.633. The van der Waals surface area contributed by atoms with Crippen LogP contribution in [-0.2, 0) is 20.7 Å². The molecule has 0 radical (unpaired) electrons. The van der Waals surface area contributed by atoms with Crippen molar-refractivity contribution < 1.29 is 23.1 Å². The van der Waals surface area contributed by atoms with Gasteiger partial charge in [-0.2, -0.15) is 0 Å². The predicted molar refractivity (Wildman–Crippen MR) is 81.0 cm³/mol. The van der Waals surface area contributed by atoms with Crippen LogP contribution in [0, 0.1) is 17.6 Å². The van der Waals surface area contributed by atoms with Crippen molar-refractivity contribution in [2.75, 3.05) is 6.61 Å². The lowest BCUT2D eigenvalue weighted by Gasteiger charge is -2.22. The first kappa shape index (κ1) is 17.0. The number of carbonyl (C=O) groups is 2. The zero-order chi connectivity index (χ0) is 17.1. The van der Waals surface area contributed by atoms with Crippen molar-refractivity contribution in [3.05, 3.63) is 46.7 Å². The largest absolute Gasteiger partial charge is 0.462 e. The van der Waals surface area contributed by atoms with Crippen molar-refractivity contribution in [2.24, 2.45) is 10.9 Å². The van der Waals surface area contributed by atoms with E-state index in [-0.39, 0.29) is 29.9 Å². The first-order valence-corrected chi connectivity index (χ1v) is 7.27. The number of hydrogen-bond acceptors (Lipinski definition) is 4. The second-order valence-electron chi connectivity index (χ2n) is 5.26. The molecular weight excluding hydrogens is 304 g/mol. The molecular formula is C17H17F2NO3. The van der Waals surface area contributed by atoms with E-state index in [1.807, 2.05) is 0 Å². The molecule has 1 aliphatic rings. The summed E-state index contributed by atoms with van der Waals surface area (Å²) in [6, 6.07) is 3.52. The number of halogens is 2. The van der Waals surface area contributed by atoms with Crippen molar-refractivity contribution in [2.45, 2.75) is 27.2 Å². The molecule has 0 saturated heterocycles. The van der Waals surface area contributed by atoms with Crippen LogP contribution in [0.25, 0.3) is 0 Å². The fourth-order valence-electron chi connectivity index (χ4n) is 2.56. The van der Waals surface area contributed by atoms with Gasteiger partial charge in [0.15, 0.2) is 5.78 Å². The summed E-state index contributed by atoms with van der Waals surface area (Å²) in [4.78, 5) is 28.7.